The molecule has 7 nitrogen and oxygen atoms in total. The van der Waals surface area contributed by atoms with Crippen LogP contribution in [0, 0.1) is 24.5 Å². The molecule has 0 aliphatic carbocycles. The number of carbonyl (C=O) groups excluding carboxylic acids is 3. The van der Waals surface area contributed by atoms with Gasteiger partial charge in [0.2, 0.25) is 11.7 Å². The number of nitrogens with zero attached hydrogens (tertiary/aromatic N) is 1. The maximum atomic E-state index is 15.2. The van der Waals surface area contributed by atoms with E-state index < -0.39 is 29.2 Å². The highest BCUT2D eigenvalue weighted by atomic mass is 19.1. The summed E-state index contributed by atoms with van der Waals surface area (Å²) in [6.45, 7) is 3.38. The number of benzene rings is 2. The molecule has 2 aromatic carbocycles. The fraction of sp³-hybridized carbons (Fsp3) is 0.345. The predicted molar refractivity (Wildman–Crippen MR) is 141 cm³/mol. The highest BCUT2D eigenvalue weighted by Crippen LogP contribution is 2.36. The number of aromatic nitrogens is 1. The molecule has 2 heterocycles. The van der Waals surface area contributed by atoms with Crippen LogP contribution in [0.4, 0.5) is 8.78 Å². The van der Waals surface area contributed by atoms with Crippen LogP contribution < -0.4 is 16.4 Å². The Morgan fingerprint density at radius 3 is 2.34 bits per heavy atom. The van der Waals surface area contributed by atoms with E-state index in [9.17, 15) is 18.8 Å². The summed E-state index contributed by atoms with van der Waals surface area (Å²) in [4.78, 5) is 37.9. The maximum absolute atomic E-state index is 15.2. The second-order valence-corrected chi connectivity index (χ2v) is 9.80. The summed E-state index contributed by atoms with van der Waals surface area (Å²) in [6.07, 6.45) is 4.47. The molecule has 1 aromatic heterocycles. The molecule has 9 heteroatoms. The van der Waals surface area contributed by atoms with E-state index in [4.69, 9.17) is 5.73 Å². The quantitative estimate of drug-likeness (QED) is 0.373. The minimum atomic E-state index is -0.757. The first-order chi connectivity index (χ1) is 18.2. The van der Waals surface area contributed by atoms with Crippen LogP contribution >= 0.6 is 0 Å². The van der Waals surface area contributed by atoms with Crippen molar-refractivity contribution in [2.45, 2.75) is 32.6 Å². The van der Waals surface area contributed by atoms with Crippen molar-refractivity contribution in [1.82, 2.24) is 15.2 Å². The Balaban J connectivity index is 1.73. The Morgan fingerprint density at radius 1 is 1.03 bits per heavy atom. The SMILES string of the molecule is Cc1c(F)ccc(F)c1-c1c(C(=O)NCCC(N)=O)cn(C)c1C(=O)c1ccc(CC2CCNCC2)cc1. The van der Waals surface area contributed by atoms with Crippen LogP contribution in [0.2, 0.25) is 0 Å². The molecule has 2 amide bonds. The molecule has 0 bridgehead atoms. The van der Waals surface area contributed by atoms with E-state index in [-0.39, 0.29) is 40.9 Å². The molecular weight excluding hydrogens is 490 g/mol. The number of nitrogens with one attached hydrogen (secondary N) is 2. The topological polar surface area (TPSA) is 106 Å². The molecule has 1 aliphatic heterocycles. The summed E-state index contributed by atoms with van der Waals surface area (Å²) in [5, 5.41) is 5.93. The van der Waals surface area contributed by atoms with E-state index in [1.165, 1.54) is 17.7 Å². The number of carbonyl (C=O) groups is 3. The van der Waals surface area contributed by atoms with Gasteiger partial charge in [0.25, 0.3) is 5.91 Å². The minimum absolute atomic E-state index is 0.00218. The zero-order chi connectivity index (χ0) is 27.4. The van der Waals surface area contributed by atoms with Crippen LogP contribution in [-0.2, 0) is 18.3 Å². The molecule has 0 radical (unpaired) electrons. The van der Waals surface area contributed by atoms with Gasteiger partial charge < -0.3 is 20.9 Å². The number of piperidine rings is 1. The van der Waals surface area contributed by atoms with E-state index >= 15 is 4.39 Å². The summed E-state index contributed by atoms with van der Waals surface area (Å²) in [7, 11) is 1.58. The lowest BCUT2D eigenvalue weighted by atomic mass is 9.90. The zero-order valence-electron chi connectivity index (χ0n) is 21.6. The number of hydrogen-bond acceptors (Lipinski definition) is 4. The summed E-state index contributed by atoms with van der Waals surface area (Å²) in [5.41, 5.74) is 6.54. The minimum Gasteiger partial charge on any atom is -0.370 e. The van der Waals surface area contributed by atoms with E-state index in [0.717, 1.165) is 50.0 Å². The van der Waals surface area contributed by atoms with Crippen LogP contribution in [0.15, 0.2) is 42.6 Å². The molecule has 38 heavy (non-hydrogen) atoms. The largest absolute Gasteiger partial charge is 0.370 e. The lowest BCUT2D eigenvalue weighted by molar-refractivity contribution is -0.117. The fourth-order valence-electron chi connectivity index (χ4n) is 5.03. The number of primary amides is 1. The third-order valence-corrected chi connectivity index (χ3v) is 7.10. The van der Waals surface area contributed by atoms with E-state index in [1.807, 2.05) is 12.1 Å². The number of ketones is 1. The van der Waals surface area contributed by atoms with Crippen LogP contribution in [0.5, 0.6) is 0 Å². The van der Waals surface area contributed by atoms with Crippen molar-refractivity contribution < 1.29 is 23.2 Å². The van der Waals surface area contributed by atoms with Gasteiger partial charge in [0.05, 0.1) is 11.3 Å². The molecule has 0 unspecified atom stereocenters. The van der Waals surface area contributed by atoms with Crippen molar-refractivity contribution in [1.29, 1.82) is 0 Å². The van der Waals surface area contributed by atoms with Crippen LogP contribution in [0.25, 0.3) is 11.1 Å². The van der Waals surface area contributed by atoms with Crippen molar-refractivity contribution in [3.63, 3.8) is 0 Å². The lowest BCUT2D eigenvalue weighted by Crippen LogP contribution is -2.28. The Hall–Kier alpha value is -3.85. The van der Waals surface area contributed by atoms with Gasteiger partial charge in [-0.1, -0.05) is 24.3 Å². The molecule has 0 spiro atoms. The zero-order valence-corrected chi connectivity index (χ0v) is 21.6. The number of rotatable bonds is 9. The first-order valence-corrected chi connectivity index (χ1v) is 12.7. The smallest absolute Gasteiger partial charge is 0.253 e. The van der Waals surface area contributed by atoms with Gasteiger partial charge in [-0.05, 0) is 68.5 Å². The third-order valence-electron chi connectivity index (χ3n) is 7.10. The van der Waals surface area contributed by atoms with Gasteiger partial charge in [0.15, 0.2) is 0 Å². The van der Waals surface area contributed by atoms with Crippen LogP contribution in [0.1, 0.15) is 56.8 Å². The Bertz CT molecular complexity index is 1360. The van der Waals surface area contributed by atoms with Crippen molar-refractivity contribution in [3.05, 3.63) is 82.2 Å². The second-order valence-electron chi connectivity index (χ2n) is 9.80. The van der Waals surface area contributed by atoms with Gasteiger partial charge in [-0.25, -0.2) is 8.78 Å². The summed E-state index contributed by atoms with van der Waals surface area (Å²) in [5.74, 6) is -2.47. The first kappa shape index (κ1) is 27.2. The fourth-order valence-corrected chi connectivity index (χ4v) is 5.03. The molecule has 200 valence electrons. The highest BCUT2D eigenvalue weighted by molar-refractivity contribution is 6.16. The molecule has 1 saturated heterocycles. The molecular formula is C29H32F2N4O3. The summed E-state index contributed by atoms with van der Waals surface area (Å²) in [6, 6.07) is 9.29. The predicted octanol–water partition coefficient (Wildman–Crippen LogP) is 3.66. The average molecular weight is 523 g/mol. The molecule has 1 fully saturated rings. The van der Waals surface area contributed by atoms with Crippen molar-refractivity contribution in [2.24, 2.45) is 18.7 Å². The van der Waals surface area contributed by atoms with E-state index in [1.54, 1.807) is 19.2 Å². The van der Waals surface area contributed by atoms with Crippen molar-refractivity contribution in [3.8, 4) is 11.1 Å². The average Bonchev–Trinajstić information content (AvgIpc) is 3.23. The van der Waals surface area contributed by atoms with Crippen LogP contribution in [-0.4, -0.2) is 41.8 Å². The first-order valence-electron chi connectivity index (χ1n) is 12.7. The van der Waals surface area contributed by atoms with Gasteiger partial charge >= 0.3 is 0 Å². The number of nitrogens with two attached hydrogens (primary N) is 1. The highest BCUT2D eigenvalue weighted by Gasteiger charge is 2.29. The Morgan fingerprint density at radius 2 is 1.68 bits per heavy atom. The number of hydrogen-bond donors (Lipinski definition) is 3. The van der Waals surface area contributed by atoms with Crippen molar-refractivity contribution in [2.75, 3.05) is 19.6 Å². The lowest BCUT2D eigenvalue weighted by Gasteiger charge is -2.22. The van der Waals surface area contributed by atoms with Gasteiger partial charge in [-0.3, -0.25) is 14.4 Å². The number of amides is 2. The standard InChI is InChI=1S/C29H32F2N4O3/c1-17-22(30)7-8-23(31)25(17)26-21(29(38)34-14-11-24(32)36)16-35(2)27(26)28(37)20-5-3-18(4-6-20)15-19-9-12-33-13-10-19/h3-8,16,19,33H,9-15H2,1-2H3,(H2,32,36)(H,34,38). The maximum Gasteiger partial charge on any atom is 0.253 e. The molecule has 4 N–H and O–H groups in total. The number of aryl methyl sites for hydroxylation is 1. The third kappa shape index (κ3) is 5.83. The Labute approximate surface area is 220 Å². The molecule has 0 saturated carbocycles. The Kier molecular flexibility index (Phi) is 8.36. The monoisotopic (exact) mass is 522 g/mol. The van der Waals surface area contributed by atoms with Gasteiger partial charge in [0.1, 0.15) is 11.6 Å². The summed E-state index contributed by atoms with van der Waals surface area (Å²) >= 11 is 0. The summed E-state index contributed by atoms with van der Waals surface area (Å²) < 4.78 is 31.2. The van der Waals surface area contributed by atoms with E-state index in [2.05, 4.69) is 10.6 Å². The number of halogens is 2. The molecule has 3 aromatic rings. The van der Waals surface area contributed by atoms with Gasteiger partial charge in [-0.2, -0.15) is 0 Å². The van der Waals surface area contributed by atoms with Crippen molar-refractivity contribution >= 4 is 17.6 Å². The molecule has 0 atom stereocenters. The van der Waals surface area contributed by atoms with Gasteiger partial charge in [0, 0.05) is 42.9 Å². The second kappa shape index (κ2) is 11.7. The molecule has 1 aliphatic rings. The van der Waals surface area contributed by atoms with Gasteiger partial charge in [-0.15, -0.1) is 0 Å². The van der Waals surface area contributed by atoms with Crippen LogP contribution in [0.3, 0.4) is 0 Å². The van der Waals surface area contributed by atoms with E-state index in [0.29, 0.717) is 11.5 Å². The molecule has 4 rings (SSSR count). The normalized spacial score (nSPS) is 13.9.